The van der Waals surface area contributed by atoms with Crippen LogP contribution in [0.4, 0.5) is 0 Å². The van der Waals surface area contributed by atoms with Gasteiger partial charge in [-0.25, -0.2) is 0 Å². The van der Waals surface area contributed by atoms with Gasteiger partial charge in [-0.3, -0.25) is 9.89 Å². The van der Waals surface area contributed by atoms with Gasteiger partial charge in [-0.1, -0.05) is 13.8 Å². The van der Waals surface area contributed by atoms with Crippen molar-refractivity contribution in [2.45, 2.75) is 52.0 Å². The van der Waals surface area contributed by atoms with E-state index in [1.165, 1.54) is 38.6 Å². The summed E-state index contributed by atoms with van der Waals surface area (Å²) in [7, 11) is 0. The Labute approximate surface area is 134 Å². The first-order valence-electron chi connectivity index (χ1n) is 7.47. The molecule has 19 heavy (non-hydrogen) atoms. The lowest BCUT2D eigenvalue weighted by molar-refractivity contribution is 0.267. The zero-order valence-corrected chi connectivity index (χ0v) is 14.7. The quantitative estimate of drug-likeness (QED) is 0.422. The third-order valence-electron chi connectivity index (χ3n) is 4.72. The van der Waals surface area contributed by atoms with Gasteiger partial charge >= 0.3 is 0 Å². The summed E-state index contributed by atoms with van der Waals surface area (Å²) in [5, 5.41) is 3.30. The predicted molar refractivity (Wildman–Crippen MR) is 92.1 cm³/mol. The van der Waals surface area contributed by atoms with Crippen LogP contribution in [0, 0.1) is 5.41 Å². The van der Waals surface area contributed by atoms with Gasteiger partial charge in [0.1, 0.15) is 0 Å². The monoisotopic (exact) mass is 380 g/mol. The maximum absolute atomic E-state index is 5.95. The van der Waals surface area contributed by atoms with Crippen molar-refractivity contribution < 1.29 is 0 Å². The number of rotatable bonds is 6. The molecule has 1 aliphatic heterocycles. The molecule has 4 nitrogen and oxygen atoms in total. The Morgan fingerprint density at radius 1 is 1.42 bits per heavy atom. The number of nitrogens with one attached hydrogen (secondary N) is 1. The van der Waals surface area contributed by atoms with Gasteiger partial charge in [0.05, 0.1) is 0 Å². The topological polar surface area (TPSA) is 53.6 Å². The lowest BCUT2D eigenvalue weighted by Gasteiger charge is -2.23. The fourth-order valence-electron chi connectivity index (χ4n) is 2.87. The second-order valence-corrected chi connectivity index (χ2v) is 5.86. The molecule has 0 spiro atoms. The van der Waals surface area contributed by atoms with E-state index in [1.54, 1.807) is 0 Å². The number of likely N-dealkylation sites (tertiary alicyclic amines) is 1. The Bertz CT molecular complexity index is 302. The average molecular weight is 380 g/mol. The Balaban J connectivity index is 0.00000180. The van der Waals surface area contributed by atoms with E-state index in [4.69, 9.17) is 5.73 Å². The van der Waals surface area contributed by atoms with Crippen LogP contribution in [-0.4, -0.2) is 43.1 Å². The summed E-state index contributed by atoms with van der Waals surface area (Å²) in [6.45, 7) is 8.71. The lowest BCUT2D eigenvalue weighted by atomic mass is 10.1. The maximum Gasteiger partial charge on any atom is 0.188 e. The van der Waals surface area contributed by atoms with Crippen molar-refractivity contribution in [1.29, 1.82) is 0 Å². The fourth-order valence-corrected chi connectivity index (χ4v) is 2.87. The minimum Gasteiger partial charge on any atom is -0.370 e. The molecule has 0 bridgehead atoms. The highest BCUT2D eigenvalue weighted by Gasteiger charge is 2.40. The minimum atomic E-state index is 0. The Morgan fingerprint density at radius 3 is 2.74 bits per heavy atom. The highest BCUT2D eigenvalue weighted by Crippen LogP contribution is 2.48. The molecule has 112 valence electrons. The number of guanidine groups is 1. The first-order chi connectivity index (χ1) is 8.69. The van der Waals surface area contributed by atoms with Crippen molar-refractivity contribution >= 4 is 29.9 Å². The fraction of sp³-hybridized carbons (Fsp3) is 0.929. The maximum atomic E-state index is 5.95. The second-order valence-electron chi connectivity index (χ2n) is 5.86. The van der Waals surface area contributed by atoms with Gasteiger partial charge in [0.25, 0.3) is 0 Å². The molecule has 2 fully saturated rings. The Morgan fingerprint density at radius 2 is 2.16 bits per heavy atom. The number of nitrogens with two attached hydrogens (primary N) is 1. The molecule has 5 heteroatoms. The van der Waals surface area contributed by atoms with Crippen LogP contribution in [-0.2, 0) is 0 Å². The van der Waals surface area contributed by atoms with Gasteiger partial charge in [0.2, 0.25) is 0 Å². The minimum absolute atomic E-state index is 0. The van der Waals surface area contributed by atoms with Crippen LogP contribution in [0.1, 0.15) is 46.0 Å². The number of hydrogen-bond donors (Lipinski definition) is 2. The van der Waals surface area contributed by atoms with Crippen LogP contribution < -0.4 is 11.1 Å². The molecule has 0 aromatic carbocycles. The van der Waals surface area contributed by atoms with E-state index in [0.29, 0.717) is 17.4 Å². The number of nitrogens with zero attached hydrogens (tertiary/aromatic N) is 2. The molecule has 1 atom stereocenters. The normalized spacial score (nSPS) is 26.0. The van der Waals surface area contributed by atoms with Crippen molar-refractivity contribution in [3.63, 3.8) is 0 Å². The van der Waals surface area contributed by atoms with E-state index in [1.807, 2.05) is 0 Å². The van der Waals surface area contributed by atoms with Gasteiger partial charge in [0, 0.05) is 19.1 Å². The number of aliphatic imine (C=N–C) groups is 1. The van der Waals surface area contributed by atoms with Crippen molar-refractivity contribution in [3.05, 3.63) is 0 Å². The molecule has 1 heterocycles. The van der Waals surface area contributed by atoms with Gasteiger partial charge < -0.3 is 11.1 Å². The highest BCUT2D eigenvalue weighted by atomic mass is 127. The van der Waals surface area contributed by atoms with Crippen LogP contribution in [0.2, 0.25) is 0 Å². The van der Waals surface area contributed by atoms with Gasteiger partial charge in [-0.2, -0.15) is 0 Å². The molecule has 0 amide bonds. The molecule has 0 aromatic rings. The molecule has 2 rings (SSSR count). The number of likely N-dealkylation sites (N-methyl/N-ethyl adjacent to an activating group) is 1. The standard InChI is InChI=1S/C14H28N4.HI/c1-3-14(7-8-14)11-17-13(15)16-10-12-6-5-9-18(12)4-2;/h12H,3-11H2,1-2H3,(H3,15,16,17);1H. The average Bonchev–Trinajstić information content (AvgIpc) is 3.04. The van der Waals surface area contributed by atoms with Crippen LogP contribution in [0.15, 0.2) is 4.99 Å². The molecule has 1 saturated carbocycles. The Kier molecular flexibility index (Phi) is 6.86. The first kappa shape index (κ1) is 17.0. The molecule has 1 aliphatic carbocycles. The second kappa shape index (κ2) is 7.67. The van der Waals surface area contributed by atoms with Crippen molar-refractivity contribution in [3.8, 4) is 0 Å². The molecule has 2 aliphatic rings. The SMILES string of the molecule is CCN1CCCC1CNC(N)=NCC1(CC)CC1.I. The Hall–Kier alpha value is -0.0400. The zero-order chi connectivity index (χ0) is 13.0. The summed E-state index contributed by atoms with van der Waals surface area (Å²) in [4.78, 5) is 7.03. The van der Waals surface area contributed by atoms with Crippen LogP contribution in [0.25, 0.3) is 0 Å². The zero-order valence-electron chi connectivity index (χ0n) is 12.3. The first-order valence-corrected chi connectivity index (χ1v) is 7.47. The molecular weight excluding hydrogens is 351 g/mol. The summed E-state index contributed by atoms with van der Waals surface area (Å²) >= 11 is 0. The number of halogens is 1. The summed E-state index contributed by atoms with van der Waals surface area (Å²) < 4.78 is 0. The van der Waals surface area contributed by atoms with Gasteiger partial charge in [0.15, 0.2) is 5.96 Å². The molecule has 1 unspecified atom stereocenters. The van der Waals surface area contributed by atoms with Crippen LogP contribution in [0.5, 0.6) is 0 Å². The summed E-state index contributed by atoms with van der Waals surface area (Å²) in [6.07, 6.45) is 6.48. The molecule has 0 radical (unpaired) electrons. The lowest BCUT2D eigenvalue weighted by Crippen LogP contribution is -2.42. The van der Waals surface area contributed by atoms with Gasteiger partial charge in [-0.05, 0) is 50.6 Å². The van der Waals surface area contributed by atoms with E-state index >= 15 is 0 Å². The van der Waals surface area contributed by atoms with E-state index < -0.39 is 0 Å². The number of hydrogen-bond acceptors (Lipinski definition) is 2. The summed E-state index contributed by atoms with van der Waals surface area (Å²) in [6, 6.07) is 0.643. The van der Waals surface area contributed by atoms with E-state index in [9.17, 15) is 0 Å². The molecule has 3 N–H and O–H groups in total. The van der Waals surface area contributed by atoms with Crippen LogP contribution >= 0.6 is 24.0 Å². The van der Waals surface area contributed by atoms with Crippen molar-refractivity contribution in [2.75, 3.05) is 26.2 Å². The third-order valence-corrected chi connectivity index (χ3v) is 4.72. The van der Waals surface area contributed by atoms with E-state index in [0.717, 1.165) is 19.6 Å². The summed E-state index contributed by atoms with van der Waals surface area (Å²) in [5.74, 6) is 0.637. The molecule has 1 saturated heterocycles. The van der Waals surface area contributed by atoms with Crippen molar-refractivity contribution in [1.82, 2.24) is 10.2 Å². The molecular formula is C14H29IN4. The molecule has 0 aromatic heterocycles. The van der Waals surface area contributed by atoms with E-state index in [-0.39, 0.29) is 24.0 Å². The summed E-state index contributed by atoms with van der Waals surface area (Å²) in [5.41, 5.74) is 6.44. The highest BCUT2D eigenvalue weighted by molar-refractivity contribution is 14.0. The van der Waals surface area contributed by atoms with E-state index in [2.05, 4.69) is 29.1 Å². The largest absolute Gasteiger partial charge is 0.370 e. The van der Waals surface area contributed by atoms with Crippen LogP contribution in [0.3, 0.4) is 0 Å². The van der Waals surface area contributed by atoms with Crippen molar-refractivity contribution in [2.24, 2.45) is 16.1 Å². The van der Waals surface area contributed by atoms with Gasteiger partial charge in [-0.15, -0.1) is 24.0 Å². The smallest absolute Gasteiger partial charge is 0.188 e. The predicted octanol–water partition coefficient (Wildman–Crippen LogP) is 2.18. The third kappa shape index (κ3) is 4.77.